The molecule has 9 nitrogen and oxygen atoms in total. The molecule has 35 heavy (non-hydrogen) atoms. The fourth-order valence-electron chi connectivity index (χ4n) is 4.13. The summed E-state index contributed by atoms with van der Waals surface area (Å²) >= 11 is 0. The van der Waals surface area contributed by atoms with Crippen LogP contribution in [0.1, 0.15) is 31.4 Å². The van der Waals surface area contributed by atoms with Gasteiger partial charge in [-0.2, -0.15) is 8.42 Å². The van der Waals surface area contributed by atoms with E-state index in [1.54, 1.807) is 0 Å². The number of phenols is 1. The SMILES string of the molecule is COc1c(C2=NS(=O)(=O)c3cc(NS(C)(=O)=O)ccc3N2)c(O)c(CCC(C)C)c2ccccc12. The van der Waals surface area contributed by atoms with Crippen LogP contribution in [0.2, 0.25) is 0 Å². The largest absolute Gasteiger partial charge is 0.507 e. The highest BCUT2D eigenvalue weighted by Gasteiger charge is 2.31. The molecule has 0 atom stereocenters. The second-order valence-electron chi connectivity index (χ2n) is 8.84. The van der Waals surface area contributed by atoms with Crippen LogP contribution in [0, 0.1) is 5.92 Å². The Kier molecular flexibility index (Phi) is 6.41. The first-order valence-corrected chi connectivity index (χ1v) is 14.3. The van der Waals surface area contributed by atoms with E-state index >= 15 is 0 Å². The molecule has 1 aliphatic heterocycles. The number of nitrogens with zero attached hydrogens (tertiary/aromatic N) is 1. The van der Waals surface area contributed by atoms with Crippen molar-refractivity contribution in [1.29, 1.82) is 0 Å². The second kappa shape index (κ2) is 9.04. The number of rotatable bonds is 7. The van der Waals surface area contributed by atoms with Crippen LogP contribution in [0.25, 0.3) is 10.8 Å². The standard InChI is InChI=1S/C24H27N3O6S2/c1-14(2)9-11-17-16-7-5-6-8-18(16)23(33-3)21(22(17)28)24-25-19-12-10-15(26-34(4,29)30)13-20(19)35(31,32)27-24/h5-8,10,12-14,26,28H,9,11H2,1-4H3,(H,25,27). The molecule has 0 saturated carbocycles. The van der Waals surface area contributed by atoms with Crippen LogP contribution in [-0.4, -0.2) is 41.1 Å². The number of methoxy groups -OCH3 is 1. The number of nitrogens with one attached hydrogen (secondary N) is 2. The molecule has 0 spiro atoms. The molecule has 0 aromatic heterocycles. The van der Waals surface area contributed by atoms with Crippen LogP contribution in [0.3, 0.4) is 0 Å². The first-order chi connectivity index (χ1) is 16.4. The molecule has 11 heteroatoms. The first-order valence-electron chi connectivity index (χ1n) is 11.0. The first kappa shape index (κ1) is 24.8. The topological polar surface area (TPSA) is 134 Å². The minimum Gasteiger partial charge on any atom is -0.507 e. The molecule has 3 N–H and O–H groups in total. The van der Waals surface area contributed by atoms with Gasteiger partial charge in [-0.05, 0) is 42.3 Å². The van der Waals surface area contributed by atoms with Crippen molar-refractivity contribution in [2.24, 2.45) is 10.3 Å². The van der Waals surface area contributed by atoms with E-state index in [9.17, 15) is 21.9 Å². The summed E-state index contributed by atoms with van der Waals surface area (Å²) in [7, 11) is -6.37. The van der Waals surface area contributed by atoms with Crippen molar-refractivity contribution in [2.45, 2.75) is 31.6 Å². The van der Waals surface area contributed by atoms with Crippen LogP contribution in [0.15, 0.2) is 51.8 Å². The van der Waals surface area contributed by atoms with Crippen molar-refractivity contribution in [3.05, 3.63) is 53.6 Å². The van der Waals surface area contributed by atoms with E-state index in [0.717, 1.165) is 23.4 Å². The number of sulfonamides is 2. The summed E-state index contributed by atoms with van der Waals surface area (Å²) in [6.07, 6.45) is 2.37. The lowest BCUT2D eigenvalue weighted by atomic mass is 9.92. The van der Waals surface area contributed by atoms with Gasteiger partial charge < -0.3 is 15.2 Å². The molecule has 1 aliphatic rings. The van der Waals surface area contributed by atoms with Gasteiger partial charge in [-0.15, -0.1) is 4.40 Å². The zero-order valence-electron chi connectivity index (χ0n) is 19.8. The highest BCUT2D eigenvalue weighted by molar-refractivity contribution is 7.92. The average Bonchev–Trinajstić information content (AvgIpc) is 2.76. The number of benzene rings is 3. The van der Waals surface area contributed by atoms with Gasteiger partial charge in [0.15, 0.2) is 5.84 Å². The summed E-state index contributed by atoms with van der Waals surface area (Å²) < 4.78 is 61.2. The van der Waals surface area contributed by atoms with Crippen LogP contribution in [-0.2, 0) is 26.5 Å². The third-order valence-corrected chi connectivity index (χ3v) is 7.61. The maximum absolute atomic E-state index is 13.1. The van der Waals surface area contributed by atoms with Gasteiger partial charge in [0.2, 0.25) is 10.0 Å². The summed E-state index contributed by atoms with van der Waals surface area (Å²) in [6.45, 7) is 4.18. The van der Waals surface area contributed by atoms with Crippen LogP contribution in [0.5, 0.6) is 11.5 Å². The van der Waals surface area contributed by atoms with Gasteiger partial charge in [0.1, 0.15) is 22.0 Å². The molecule has 0 amide bonds. The third kappa shape index (κ3) is 4.92. The lowest BCUT2D eigenvalue weighted by Gasteiger charge is -2.23. The molecular formula is C24H27N3O6S2. The molecule has 0 radical (unpaired) electrons. The van der Waals surface area contributed by atoms with E-state index in [4.69, 9.17) is 4.74 Å². The second-order valence-corrected chi connectivity index (χ2v) is 12.2. The number of hydrogen-bond donors (Lipinski definition) is 3. The van der Waals surface area contributed by atoms with Crippen molar-refractivity contribution >= 4 is 48.0 Å². The molecule has 4 rings (SSSR count). The number of aryl methyl sites for hydroxylation is 1. The molecule has 0 saturated heterocycles. The number of aromatic hydroxyl groups is 1. The Morgan fingerprint density at radius 1 is 1.14 bits per heavy atom. The summed E-state index contributed by atoms with van der Waals surface area (Å²) in [5, 5.41) is 15.9. The number of ether oxygens (including phenoxy) is 1. The van der Waals surface area contributed by atoms with E-state index in [2.05, 4.69) is 28.3 Å². The maximum Gasteiger partial charge on any atom is 0.286 e. The number of anilines is 2. The predicted octanol–water partition coefficient (Wildman–Crippen LogP) is 4.08. The minimum absolute atomic E-state index is 0.0766. The van der Waals surface area contributed by atoms with E-state index in [0.29, 0.717) is 23.7 Å². The Labute approximate surface area is 205 Å². The number of phenolic OH excluding ortho intramolecular Hbond substituents is 1. The molecule has 3 aromatic rings. The zero-order chi connectivity index (χ0) is 25.5. The van der Waals surface area contributed by atoms with E-state index < -0.39 is 20.0 Å². The molecule has 0 bridgehead atoms. The van der Waals surface area contributed by atoms with E-state index in [-0.39, 0.29) is 33.4 Å². The Morgan fingerprint density at radius 3 is 2.46 bits per heavy atom. The number of hydrogen-bond acceptors (Lipinski definition) is 7. The molecular weight excluding hydrogens is 490 g/mol. The normalized spacial score (nSPS) is 14.8. The van der Waals surface area contributed by atoms with Crippen molar-refractivity contribution in [1.82, 2.24) is 0 Å². The maximum atomic E-state index is 13.1. The smallest absolute Gasteiger partial charge is 0.286 e. The van der Waals surface area contributed by atoms with Crippen LogP contribution >= 0.6 is 0 Å². The fraction of sp³-hybridized carbons (Fsp3) is 0.292. The van der Waals surface area contributed by atoms with Gasteiger partial charge in [-0.25, -0.2) is 8.42 Å². The quantitative estimate of drug-likeness (QED) is 0.430. The van der Waals surface area contributed by atoms with Gasteiger partial charge in [0, 0.05) is 16.6 Å². The lowest BCUT2D eigenvalue weighted by Crippen LogP contribution is -2.24. The molecule has 3 aromatic carbocycles. The van der Waals surface area contributed by atoms with Gasteiger partial charge in [-0.1, -0.05) is 38.1 Å². The van der Waals surface area contributed by atoms with Crippen LogP contribution in [0.4, 0.5) is 11.4 Å². The Morgan fingerprint density at radius 2 is 1.83 bits per heavy atom. The minimum atomic E-state index is -4.23. The lowest BCUT2D eigenvalue weighted by molar-refractivity contribution is 0.410. The highest BCUT2D eigenvalue weighted by Crippen LogP contribution is 2.43. The van der Waals surface area contributed by atoms with E-state index in [1.807, 2.05) is 24.3 Å². The van der Waals surface area contributed by atoms with E-state index in [1.165, 1.54) is 25.3 Å². The van der Waals surface area contributed by atoms with Crippen LogP contribution < -0.4 is 14.8 Å². The van der Waals surface area contributed by atoms with Crippen molar-refractivity contribution < 1.29 is 26.7 Å². The number of amidine groups is 1. The molecule has 186 valence electrons. The monoisotopic (exact) mass is 517 g/mol. The Balaban J connectivity index is 1.91. The average molecular weight is 518 g/mol. The van der Waals surface area contributed by atoms with Crippen molar-refractivity contribution in [3.63, 3.8) is 0 Å². The third-order valence-electron chi connectivity index (χ3n) is 5.69. The van der Waals surface area contributed by atoms with Gasteiger partial charge >= 0.3 is 0 Å². The van der Waals surface area contributed by atoms with Gasteiger partial charge in [0.05, 0.1) is 19.1 Å². The summed E-state index contributed by atoms with van der Waals surface area (Å²) in [5.74, 6) is 0.520. The summed E-state index contributed by atoms with van der Waals surface area (Å²) in [6, 6.07) is 11.6. The zero-order valence-corrected chi connectivity index (χ0v) is 21.4. The summed E-state index contributed by atoms with van der Waals surface area (Å²) in [5.41, 5.74) is 1.13. The predicted molar refractivity (Wildman–Crippen MR) is 138 cm³/mol. The molecule has 0 fully saturated rings. The Bertz CT molecular complexity index is 1560. The molecule has 0 aliphatic carbocycles. The summed E-state index contributed by atoms with van der Waals surface area (Å²) in [4.78, 5) is -0.186. The molecule has 0 unspecified atom stereocenters. The Hall–Kier alpha value is -3.31. The fourth-order valence-corrected chi connectivity index (χ4v) is 5.83. The number of fused-ring (bicyclic) bond motifs is 2. The highest BCUT2D eigenvalue weighted by atomic mass is 32.2. The molecule has 1 heterocycles. The van der Waals surface area contributed by atoms with Gasteiger partial charge in [-0.3, -0.25) is 4.72 Å². The van der Waals surface area contributed by atoms with Gasteiger partial charge in [0.25, 0.3) is 10.0 Å². The van der Waals surface area contributed by atoms with Crippen molar-refractivity contribution in [2.75, 3.05) is 23.4 Å². The van der Waals surface area contributed by atoms with Crippen molar-refractivity contribution in [3.8, 4) is 11.5 Å².